The van der Waals surface area contributed by atoms with Gasteiger partial charge in [-0.3, -0.25) is 10.1 Å². The van der Waals surface area contributed by atoms with Gasteiger partial charge in [0.2, 0.25) is 0 Å². The number of ether oxygens (including phenoxy) is 1. The van der Waals surface area contributed by atoms with Crippen LogP contribution in [0.15, 0.2) is 36.4 Å². The van der Waals surface area contributed by atoms with Crippen LogP contribution in [-0.4, -0.2) is 17.6 Å². The number of hydrogen-bond acceptors (Lipinski definition) is 3. The number of benzene rings is 2. The summed E-state index contributed by atoms with van der Waals surface area (Å²) in [6, 6.07) is 11.4. The van der Waals surface area contributed by atoms with E-state index in [9.17, 15) is 4.79 Å². The van der Waals surface area contributed by atoms with Crippen LogP contribution in [0.4, 0.5) is 5.69 Å². The SMILES string of the molecule is Cc1cc(C)c(NC(=S)NC(=O)c2ccccc2OCCC(C)C)c(C)c1. The number of rotatable bonds is 6. The summed E-state index contributed by atoms with van der Waals surface area (Å²) in [6.07, 6.45) is 0.932. The fourth-order valence-electron chi connectivity index (χ4n) is 2.88. The fraction of sp³-hybridized carbons (Fsp3) is 0.364. The first-order valence-corrected chi connectivity index (χ1v) is 9.60. The van der Waals surface area contributed by atoms with Crippen LogP contribution in [0.25, 0.3) is 0 Å². The Kier molecular flexibility index (Phi) is 7.36. The third-order valence-corrected chi connectivity index (χ3v) is 4.43. The van der Waals surface area contributed by atoms with Gasteiger partial charge < -0.3 is 10.1 Å². The first kappa shape index (κ1) is 20.9. The van der Waals surface area contributed by atoms with E-state index in [-0.39, 0.29) is 11.0 Å². The largest absolute Gasteiger partial charge is 0.493 e. The van der Waals surface area contributed by atoms with Gasteiger partial charge in [-0.1, -0.05) is 43.7 Å². The number of carbonyl (C=O) groups is 1. The Balaban J connectivity index is 2.06. The molecule has 5 heteroatoms. The summed E-state index contributed by atoms with van der Waals surface area (Å²) in [5, 5.41) is 6.17. The molecule has 2 aromatic rings. The lowest BCUT2D eigenvalue weighted by Gasteiger charge is -2.16. The maximum Gasteiger partial charge on any atom is 0.261 e. The molecule has 0 aliphatic rings. The molecule has 1 amide bonds. The first-order valence-electron chi connectivity index (χ1n) is 9.20. The second kappa shape index (κ2) is 9.51. The normalized spacial score (nSPS) is 10.6. The quantitative estimate of drug-likeness (QED) is 0.675. The number of thiocarbonyl (C=S) groups is 1. The van der Waals surface area contributed by atoms with E-state index in [0.717, 1.165) is 23.2 Å². The molecule has 0 aliphatic carbocycles. The minimum absolute atomic E-state index is 0.270. The van der Waals surface area contributed by atoms with E-state index < -0.39 is 0 Å². The third-order valence-electron chi connectivity index (χ3n) is 4.23. The average molecular weight is 385 g/mol. The summed E-state index contributed by atoms with van der Waals surface area (Å²) in [6.45, 7) is 10.9. The van der Waals surface area contributed by atoms with Crippen molar-refractivity contribution in [3.63, 3.8) is 0 Å². The highest BCUT2D eigenvalue weighted by atomic mass is 32.1. The number of nitrogens with one attached hydrogen (secondary N) is 2. The summed E-state index contributed by atoms with van der Waals surface area (Å²) >= 11 is 5.35. The molecule has 0 atom stereocenters. The summed E-state index contributed by atoms with van der Waals surface area (Å²) in [7, 11) is 0. The van der Waals surface area contributed by atoms with E-state index in [2.05, 4.69) is 43.5 Å². The minimum Gasteiger partial charge on any atom is -0.493 e. The highest BCUT2D eigenvalue weighted by Gasteiger charge is 2.14. The maximum atomic E-state index is 12.7. The summed E-state index contributed by atoms with van der Waals surface area (Å²) in [5.74, 6) is 0.833. The Morgan fingerprint density at radius 3 is 2.37 bits per heavy atom. The smallest absolute Gasteiger partial charge is 0.261 e. The van der Waals surface area contributed by atoms with E-state index >= 15 is 0 Å². The number of amides is 1. The molecule has 0 saturated heterocycles. The monoisotopic (exact) mass is 384 g/mol. The van der Waals surface area contributed by atoms with E-state index in [1.807, 2.05) is 26.0 Å². The maximum absolute atomic E-state index is 12.7. The summed E-state index contributed by atoms with van der Waals surface area (Å²) in [5.41, 5.74) is 4.76. The molecule has 2 rings (SSSR count). The molecule has 0 saturated carbocycles. The molecule has 0 radical (unpaired) electrons. The van der Waals surface area contributed by atoms with Gasteiger partial charge in [0.05, 0.1) is 12.2 Å². The topological polar surface area (TPSA) is 50.4 Å². The van der Waals surface area contributed by atoms with Crippen molar-refractivity contribution in [2.75, 3.05) is 11.9 Å². The zero-order chi connectivity index (χ0) is 20.0. The number of carbonyl (C=O) groups excluding carboxylic acids is 1. The Morgan fingerprint density at radius 2 is 1.74 bits per heavy atom. The number of para-hydroxylation sites is 1. The molecular weight excluding hydrogens is 356 g/mol. The van der Waals surface area contributed by atoms with Crippen molar-refractivity contribution in [3.8, 4) is 5.75 Å². The zero-order valence-electron chi connectivity index (χ0n) is 16.7. The molecule has 4 nitrogen and oxygen atoms in total. The number of aryl methyl sites for hydroxylation is 3. The Morgan fingerprint density at radius 1 is 1.11 bits per heavy atom. The van der Waals surface area contributed by atoms with Gasteiger partial charge in [0.15, 0.2) is 5.11 Å². The van der Waals surface area contributed by atoms with Crippen molar-refractivity contribution < 1.29 is 9.53 Å². The van der Waals surface area contributed by atoms with Gasteiger partial charge in [-0.15, -0.1) is 0 Å². The lowest BCUT2D eigenvalue weighted by Crippen LogP contribution is -2.34. The highest BCUT2D eigenvalue weighted by molar-refractivity contribution is 7.80. The Labute approximate surface area is 167 Å². The van der Waals surface area contributed by atoms with Crippen LogP contribution >= 0.6 is 12.2 Å². The number of anilines is 1. The zero-order valence-corrected chi connectivity index (χ0v) is 17.5. The molecule has 144 valence electrons. The summed E-state index contributed by atoms with van der Waals surface area (Å²) in [4.78, 5) is 12.7. The third kappa shape index (κ3) is 6.07. The van der Waals surface area contributed by atoms with Gasteiger partial charge in [-0.2, -0.15) is 0 Å². The Hall–Kier alpha value is -2.40. The van der Waals surface area contributed by atoms with Gasteiger partial charge in [0.1, 0.15) is 5.75 Å². The van der Waals surface area contributed by atoms with Crippen molar-refractivity contribution in [2.45, 2.75) is 41.0 Å². The van der Waals surface area contributed by atoms with Crippen LogP contribution in [0, 0.1) is 26.7 Å². The van der Waals surface area contributed by atoms with Crippen LogP contribution in [0.3, 0.4) is 0 Å². The first-order chi connectivity index (χ1) is 12.8. The predicted molar refractivity (Wildman–Crippen MR) is 116 cm³/mol. The van der Waals surface area contributed by atoms with Crippen molar-refractivity contribution in [3.05, 3.63) is 58.7 Å². The second-order valence-corrected chi connectivity index (χ2v) is 7.62. The van der Waals surface area contributed by atoms with E-state index in [1.54, 1.807) is 12.1 Å². The van der Waals surface area contributed by atoms with Gasteiger partial charge >= 0.3 is 0 Å². The summed E-state index contributed by atoms with van der Waals surface area (Å²) < 4.78 is 5.80. The van der Waals surface area contributed by atoms with Crippen LogP contribution in [-0.2, 0) is 0 Å². The van der Waals surface area contributed by atoms with Crippen molar-refractivity contribution in [1.29, 1.82) is 0 Å². The standard InChI is InChI=1S/C22H28N2O2S/c1-14(2)10-11-26-19-9-7-6-8-18(19)21(25)24-22(27)23-20-16(4)12-15(3)13-17(20)5/h6-9,12-14H,10-11H2,1-5H3,(H2,23,24,25,27). The van der Waals surface area contributed by atoms with Crippen LogP contribution in [0.5, 0.6) is 5.75 Å². The molecule has 0 aliphatic heterocycles. The molecule has 0 aromatic heterocycles. The van der Waals surface area contributed by atoms with Crippen LogP contribution < -0.4 is 15.4 Å². The van der Waals surface area contributed by atoms with Crippen molar-refractivity contribution in [1.82, 2.24) is 5.32 Å². The van der Waals surface area contributed by atoms with Gasteiger partial charge in [0, 0.05) is 5.69 Å². The van der Waals surface area contributed by atoms with E-state index in [0.29, 0.717) is 23.8 Å². The van der Waals surface area contributed by atoms with Gasteiger partial charge in [-0.05, 0) is 68.6 Å². The number of hydrogen-bond donors (Lipinski definition) is 2. The van der Waals surface area contributed by atoms with Gasteiger partial charge in [-0.25, -0.2) is 0 Å². The van der Waals surface area contributed by atoms with Crippen molar-refractivity contribution in [2.24, 2.45) is 5.92 Å². The molecule has 0 spiro atoms. The molecule has 0 bridgehead atoms. The molecular formula is C22H28N2O2S. The second-order valence-electron chi connectivity index (χ2n) is 7.21. The van der Waals surface area contributed by atoms with Crippen LogP contribution in [0.1, 0.15) is 47.3 Å². The Bertz CT molecular complexity index is 808. The van der Waals surface area contributed by atoms with Gasteiger partial charge in [0.25, 0.3) is 5.91 Å². The molecule has 0 heterocycles. The molecule has 0 unspecified atom stereocenters. The van der Waals surface area contributed by atoms with E-state index in [1.165, 1.54) is 5.56 Å². The predicted octanol–water partition coefficient (Wildman–Crippen LogP) is 5.16. The average Bonchev–Trinajstić information content (AvgIpc) is 2.58. The lowest BCUT2D eigenvalue weighted by atomic mass is 10.1. The fourth-order valence-corrected chi connectivity index (χ4v) is 3.07. The van der Waals surface area contributed by atoms with Crippen molar-refractivity contribution >= 4 is 28.9 Å². The molecule has 0 fully saturated rings. The van der Waals surface area contributed by atoms with E-state index in [4.69, 9.17) is 17.0 Å². The highest BCUT2D eigenvalue weighted by Crippen LogP contribution is 2.22. The molecule has 2 aromatic carbocycles. The minimum atomic E-state index is -0.282. The molecule has 2 N–H and O–H groups in total. The lowest BCUT2D eigenvalue weighted by molar-refractivity contribution is 0.0973. The van der Waals surface area contributed by atoms with Crippen LogP contribution in [0.2, 0.25) is 0 Å². The molecule has 27 heavy (non-hydrogen) atoms.